The Hall–Kier alpha value is -3.72. The lowest BCUT2D eigenvalue weighted by molar-refractivity contribution is -0.121. The Kier molecular flexibility index (Phi) is 6.02. The second kappa shape index (κ2) is 9.26. The molecule has 5 rings (SSSR count). The van der Waals surface area contributed by atoms with E-state index >= 15 is 0 Å². The van der Waals surface area contributed by atoms with Gasteiger partial charge in [0.15, 0.2) is 19.0 Å². The highest BCUT2D eigenvalue weighted by Gasteiger charge is 2.29. The van der Waals surface area contributed by atoms with Gasteiger partial charge < -0.3 is 14.8 Å². The number of nitrogens with zero attached hydrogens (tertiary/aromatic N) is 2. The Morgan fingerprint density at radius 2 is 2.00 bits per heavy atom. The SMILES string of the molecule is Cc1ccc(OCC(=O)c2ccc3c(c2)N(Cc2nc(C(=O)NC4CC4)cs2)C(=O)CO3)cc1. The molecule has 0 atom stereocenters. The van der Waals surface area contributed by atoms with Gasteiger partial charge >= 0.3 is 0 Å². The number of hydrogen-bond donors (Lipinski definition) is 1. The quantitative estimate of drug-likeness (QED) is 0.499. The molecule has 1 aliphatic carbocycles. The van der Waals surface area contributed by atoms with Crippen LogP contribution in [0.5, 0.6) is 11.5 Å². The smallest absolute Gasteiger partial charge is 0.270 e. The van der Waals surface area contributed by atoms with Crippen molar-refractivity contribution in [3.8, 4) is 11.5 Å². The third-order valence-corrected chi connectivity index (χ3v) is 6.44. The fourth-order valence-corrected chi connectivity index (χ4v) is 4.29. The second-order valence-corrected chi connectivity index (χ2v) is 9.29. The van der Waals surface area contributed by atoms with Gasteiger partial charge in [0, 0.05) is 17.0 Å². The molecule has 2 aliphatic rings. The average molecular weight is 478 g/mol. The van der Waals surface area contributed by atoms with Crippen LogP contribution in [0.25, 0.3) is 0 Å². The first kappa shape index (κ1) is 22.1. The molecule has 1 aliphatic heterocycles. The number of ketones is 1. The molecule has 0 unspecified atom stereocenters. The minimum Gasteiger partial charge on any atom is -0.485 e. The molecule has 2 aromatic carbocycles. The number of aryl methyl sites for hydroxylation is 1. The third-order valence-electron chi connectivity index (χ3n) is 5.61. The molecule has 1 N–H and O–H groups in total. The summed E-state index contributed by atoms with van der Waals surface area (Å²) in [5, 5.41) is 5.24. The summed E-state index contributed by atoms with van der Waals surface area (Å²) in [4.78, 5) is 43.6. The monoisotopic (exact) mass is 477 g/mol. The van der Waals surface area contributed by atoms with E-state index in [4.69, 9.17) is 9.47 Å². The van der Waals surface area contributed by atoms with E-state index < -0.39 is 0 Å². The molecule has 1 saturated carbocycles. The summed E-state index contributed by atoms with van der Waals surface area (Å²) < 4.78 is 11.2. The highest BCUT2D eigenvalue weighted by Crippen LogP contribution is 2.34. The Morgan fingerprint density at radius 1 is 1.21 bits per heavy atom. The molecule has 2 amide bonds. The first-order chi connectivity index (χ1) is 16.5. The van der Waals surface area contributed by atoms with Crippen molar-refractivity contribution in [3.05, 3.63) is 69.7 Å². The van der Waals surface area contributed by atoms with E-state index in [1.165, 1.54) is 16.2 Å². The van der Waals surface area contributed by atoms with Crippen LogP contribution in [-0.2, 0) is 11.3 Å². The van der Waals surface area contributed by atoms with Crippen molar-refractivity contribution >= 4 is 34.6 Å². The standard InChI is InChI=1S/C25H23N3O5S/c1-15-2-7-18(8-3-15)32-12-21(29)16-4-9-22-20(10-16)28(24(30)13-33-22)11-23-27-19(14-34-23)25(31)26-17-5-6-17/h2-4,7-10,14,17H,5-6,11-13H2,1H3,(H,26,31). The van der Waals surface area contributed by atoms with Crippen LogP contribution in [0.4, 0.5) is 5.69 Å². The van der Waals surface area contributed by atoms with Crippen LogP contribution < -0.4 is 19.7 Å². The maximum Gasteiger partial charge on any atom is 0.270 e. The predicted molar refractivity (Wildman–Crippen MR) is 127 cm³/mol. The topological polar surface area (TPSA) is 97.8 Å². The molecular formula is C25H23N3O5S. The molecule has 0 saturated heterocycles. The van der Waals surface area contributed by atoms with Gasteiger partial charge in [-0.25, -0.2) is 4.98 Å². The molecule has 8 nitrogen and oxygen atoms in total. The fraction of sp³-hybridized carbons (Fsp3) is 0.280. The average Bonchev–Trinajstić information content (AvgIpc) is 3.53. The molecule has 3 aromatic rings. The molecule has 0 bridgehead atoms. The fourth-order valence-electron chi connectivity index (χ4n) is 3.53. The highest BCUT2D eigenvalue weighted by molar-refractivity contribution is 7.09. The van der Waals surface area contributed by atoms with Crippen LogP contribution in [0.1, 0.15) is 44.3 Å². The summed E-state index contributed by atoms with van der Waals surface area (Å²) in [7, 11) is 0. The Balaban J connectivity index is 1.30. The van der Waals surface area contributed by atoms with Gasteiger partial charge in [0.1, 0.15) is 22.2 Å². The molecule has 1 aromatic heterocycles. The van der Waals surface area contributed by atoms with Crippen LogP contribution >= 0.6 is 11.3 Å². The molecule has 0 spiro atoms. The minimum atomic E-state index is -0.243. The Labute approximate surface area is 200 Å². The van der Waals surface area contributed by atoms with Crippen LogP contribution in [0, 0.1) is 6.92 Å². The molecule has 0 radical (unpaired) electrons. The number of hydrogen-bond acceptors (Lipinski definition) is 7. The first-order valence-corrected chi connectivity index (χ1v) is 11.9. The number of nitrogens with one attached hydrogen (secondary N) is 1. The lowest BCUT2D eigenvalue weighted by Crippen LogP contribution is -2.38. The summed E-state index contributed by atoms with van der Waals surface area (Å²) in [6.07, 6.45) is 2.00. The summed E-state index contributed by atoms with van der Waals surface area (Å²) in [5.41, 5.74) is 2.37. The summed E-state index contributed by atoms with van der Waals surface area (Å²) in [5.74, 6) is 0.475. The number of thiazole rings is 1. The van der Waals surface area contributed by atoms with Crippen molar-refractivity contribution in [1.29, 1.82) is 0 Å². The van der Waals surface area contributed by atoms with E-state index in [0.717, 1.165) is 18.4 Å². The summed E-state index contributed by atoms with van der Waals surface area (Å²) in [6, 6.07) is 12.7. The van der Waals surface area contributed by atoms with Crippen LogP contribution in [-0.4, -0.2) is 41.8 Å². The number of Topliss-reactive ketones (excluding diaryl/α,β-unsaturated/α-hetero) is 1. The number of rotatable bonds is 8. The van der Waals surface area contributed by atoms with E-state index in [-0.39, 0.29) is 43.4 Å². The van der Waals surface area contributed by atoms with Gasteiger partial charge in [0.05, 0.1) is 12.2 Å². The van der Waals surface area contributed by atoms with Crippen molar-refractivity contribution in [2.24, 2.45) is 0 Å². The number of aromatic nitrogens is 1. The highest BCUT2D eigenvalue weighted by atomic mass is 32.1. The van der Waals surface area contributed by atoms with Crippen LogP contribution in [0.15, 0.2) is 47.8 Å². The van der Waals surface area contributed by atoms with E-state index in [1.807, 2.05) is 31.2 Å². The van der Waals surface area contributed by atoms with Crippen LogP contribution in [0.2, 0.25) is 0 Å². The molecule has 9 heteroatoms. The third kappa shape index (κ3) is 4.94. The van der Waals surface area contributed by atoms with Crippen molar-refractivity contribution in [2.45, 2.75) is 32.4 Å². The van der Waals surface area contributed by atoms with Crippen molar-refractivity contribution in [3.63, 3.8) is 0 Å². The molecule has 1 fully saturated rings. The largest absolute Gasteiger partial charge is 0.485 e. The number of benzene rings is 2. The Morgan fingerprint density at radius 3 is 2.76 bits per heavy atom. The number of fused-ring (bicyclic) bond motifs is 1. The zero-order valence-corrected chi connectivity index (χ0v) is 19.4. The summed E-state index contributed by atoms with van der Waals surface area (Å²) in [6.45, 7) is 1.94. The number of ether oxygens (including phenoxy) is 2. The van der Waals surface area contributed by atoms with E-state index in [9.17, 15) is 14.4 Å². The molecule has 2 heterocycles. The van der Waals surface area contributed by atoms with E-state index in [2.05, 4.69) is 10.3 Å². The van der Waals surface area contributed by atoms with Gasteiger partial charge in [-0.05, 0) is 50.1 Å². The maximum absolute atomic E-state index is 12.8. The van der Waals surface area contributed by atoms with Gasteiger partial charge in [-0.15, -0.1) is 11.3 Å². The van der Waals surface area contributed by atoms with E-state index in [1.54, 1.807) is 23.6 Å². The lowest BCUT2D eigenvalue weighted by Gasteiger charge is -2.29. The van der Waals surface area contributed by atoms with Crippen molar-refractivity contribution in [2.75, 3.05) is 18.1 Å². The maximum atomic E-state index is 12.8. The first-order valence-electron chi connectivity index (χ1n) is 11.0. The van der Waals surface area contributed by atoms with Gasteiger partial charge in [-0.1, -0.05) is 17.7 Å². The molecule has 34 heavy (non-hydrogen) atoms. The van der Waals surface area contributed by atoms with Crippen molar-refractivity contribution in [1.82, 2.24) is 10.3 Å². The zero-order chi connectivity index (χ0) is 23.7. The van der Waals surface area contributed by atoms with E-state index in [0.29, 0.717) is 33.5 Å². The van der Waals surface area contributed by atoms with Crippen LogP contribution in [0.3, 0.4) is 0 Å². The summed E-state index contributed by atoms with van der Waals surface area (Å²) >= 11 is 1.32. The van der Waals surface area contributed by atoms with Gasteiger partial charge in [-0.3, -0.25) is 19.3 Å². The van der Waals surface area contributed by atoms with Gasteiger partial charge in [-0.2, -0.15) is 0 Å². The van der Waals surface area contributed by atoms with Gasteiger partial charge in [0.25, 0.3) is 11.8 Å². The number of carbonyl (C=O) groups excluding carboxylic acids is 3. The molecular weight excluding hydrogens is 454 g/mol. The van der Waals surface area contributed by atoms with Gasteiger partial charge in [0.2, 0.25) is 0 Å². The lowest BCUT2D eigenvalue weighted by atomic mass is 10.1. The second-order valence-electron chi connectivity index (χ2n) is 8.35. The predicted octanol–water partition coefficient (Wildman–Crippen LogP) is 3.53. The normalized spacial score (nSPS) is 14.9. The number of amides is 2. The van der Waals surface area contributed by atoms with Crippen molar-refractivity contribution < 1.29 is 23.9 Å². The zero-order valence-electron chi connectivity index (χ0n) is 18.6. The number of anilines is 1. The number of carbonyl (C=O) groups is 3. The molecule has 174 valence electrons. The Bertz CT molecular complexity index is 1250. The minimum absolute atomic E-state index is 0.1000.